The number of esters is 1. The fourth-order valence-corrected chi connectivity index (χ4v) is 2.55. The Morgan fingerprint density at radius 3 is 2.82 bits per heavy atom. The number of nitro benzene ring substituents is 1. The van der Waals surface area contributed by atoms with Crippen molar-refractivity contribution in [1.82, 2.24) is 4.90 Å². The van der Waals surface area contributed by atoms with E-state index in [1.54, 1.807) is 6.07 Å². The van der Waals surface area contributed by atoms with Crippen molar-refractivity contribution in [3.63, 3.8) is 0 Å². The highest BCUT2D eigenvalue weighted by molar-refractivity contribution is 8.18. The van der Waals surface area contributed by atoms with Gasteiger partial charge in [0.15, 0.2) is 0 Å². The first-order chi connectivity index (χ1) is 10.4. The number of hydrogen-bond acceptors (Lipinski definition) is 7. The van der Waals surface area contributed by atoms with Gasteiger partial charge in [-0.25, -0.2) is 0 Å². The zero-order chi connectivity index (χ0) is 16.3. The van der Waals surface area contributed by atoms with Gasteiger partial charge in [-0.3, -0.25) is 29.4 Å². The second kappa shape index (κ2) is 6.39. The van der Waals surface area contributed by atoms with Gasteiger partial charge < -0.3 is 4.74 Å². The Kier molecular flexibility index (Phi) is 4.56. The van der Waals surface area contributed by atoms with Crippen LogP contribution in [0.4, 0.5) is 10.5 Å². The van der Waals surface area contributed by atoms with E-state index in [1.165, 1.54) is 24.3 Å². The van der Waals surface area contributed by atoms with Crippen LogP contribution in [0.5, 0.6) is 0 Å². The molecule has 8 nitrogen and oxygen atoms in total. The molecule has 1 aromatic carbocycles. The van der Waals surface area contributed by atoms with Crippen molar-refractivity contribution in [2.24, 2.45) is 0 Å². The number of hydrogen-bond donors (Lipinski definition) is 0. The van der Waals surface area contributed by atoms with Gasteiger partial charge in [-0.2, -0.15) is 0 Å². The fraction of sp³-hybridized carbons (Fsp3) is 0.154. The Bertz CT molecular complexity index is 700. The van der Waals surface area contributed by atoms with Crippen LogP contribution in [0, 0.1) is 10.1 Å². The summed E-state index contributed by atoms with van der Waals surface area (Å²) in [5.74, 6) is -1.34. The van der Waals surface area contributed by atoms with Crippen molar-refractivity contribution in [3.8, 4) is 0 Å². The maximum absolute atomic E-state index is 12.1. The number of carbonyl (C=O) groups is 3. The minimum absolute atomic E-state index is 0.0920. The molecule has 2 amide bonds. The molecule has 9 heteroatoms. The number of amides is 2. The summed E-state index contributed by atoms with van der Waals surface area (Å²) in [6.07, 6.45) is 1.37. The van der Waals surface area contributed by atoms with Crippen LogP contribution in [0.2, 0.25) is 0 Å². The number of nitrogens with zero attached hydrogens (tertiary/aromatic N) is 2. The smallest absolute Gasteiger partial charge is 0.325 e. The van der Waals surface area contributed by atoms with Crippen molar-refractivity contribution < 1.29 is 24.0 Å². The fourth-order valence-electron chi connectivity index (χ4n) is 1.71. The second-order valence-corrected chi connectivity index (χ2v) is 5.19. The van der Waals surface area contributed by atoms with E-state index >= 15 is 0 Å². The van der Waals surface area contributed by atoms with Crippen LogP contribution in [-0.4, -0.2) is 40.6 Å². The van der Waals surface area contributed by atoms with Crippen molar-refractivity contribution >= 4 is 40.6 Å². The number of rotatable bonds is 4. The molecule has 0 spiro atoms. The third kappa shape index (κ3) is 3.31. The van der Waals surface area contributed by atoms with Crippen molar-refractivity contribution in [2.75, 3.05) is 13.7 Å². The Balaban J connectivity index is 2.24. The topological polar surface area (TPSA) is 107 Å². The van der Waals surface area contributed by atoms with Gasteiger partial charge in [0.2, 0.25) is 0 Å². The van der Waals surface area contributed by atoms with Crippen LogP contribution in [0.3, 0.4) is 0 Å². The predicted molar refractivity (Wildman–Crippen MR) is 77.8 cm³/mol. The molecule has 1 saturated heterocycles. The number of carbonyl (C=O) groups excluding carboxylic acids is 3. The zero-order valence-electron chi connectivity index (χ0n) is 11.3. The van der Waals surface area contributed by atoms with Gasteiger partial charge in [0.1, 0.15) is 6.54 Å². The van der Waals surface area contributed by atoms with Crippen molar-refractivity contribution in [3.05, 3.63) is 44.8 Å². The van der Waals surface area contributed by atoms with E-state index in [4.69, 9.17) is 0 Å². The SMILES string of the molecule is COC(=O)CN1C(=O)SC(=Cc2cccc([N+](=O)[O-])c2)C1=O. The molecule has 114 valence electrons. The van der Waals surface area contributed by atoms with Crippen LogP contribution >= 0.6 is 11.8 Å². The summed E-state index contributed by atoms with van der Waals surface area (Å²) in [5.41, 5.74) is 0.292. The molecule has 2 rings (SSSR count). The summed E-state index contributed by atoms with van der Waals surface area (Å²) in [6.45, 7) is -0.465. The lowest BCUT2D eigenvalue weighted by atomic mass is 10.2. The molecule has 0 atom stereocenters. The molecule has 1 aromatic rings. The van der Waals surface area contributed by atoms with Crippen LogP contribution in [0.15, 0.2) is 29.2 Å². The van der Waals surface area contributed by atoms with E-state index in [0.717, 1.165) is 12.0 Å². The molecular formula is C13H10N2O6S. The molecule has 0 aromatic heterocycles. The van der Waals surface area contributed by atoms with Crippen LogP contribution in [0.25, 0.3) is 6.08 Å². The normalized spacial score (nSPS) is 16.2. The first-order valence-corrected chi connectivity index (χ1v) is 6.80. The molecule has 0 unspecified atom stereocenters. The number of thioether (sulfide) groups is 1. The van der Waals surface area contributed by atoms with E-state index < -0.39 is 28.6 Å². The summed E-state index contributed by atoms with van der Waals surface area (Å²) in [5, 5.41) is 10.1. The Hall–Kier alpha value is -2.68. The highest BCUT2D eigenvalue weighted by atomic mass is 32.2. The minimum Gasteiger partial charge on any atom is -0.468 e. The summed E-state index contributed by atoms with van der Waals surface area (Å²) in [7, 11) is 1.15. The largest absolute Gasteiger partial charge is 0.468 e. The van der Waals surface area contributed by atoms with Gasteiger partial charge >= 0.3 is 5.97 Å². The van der Waals surface area contributed by atoms with Gasteiger partial charge in [0.25, 0.3) is 16.8 Å². The number of nitro groups is 1. The van der Waals surface area contributed by atoms with E-state index in [2.05, 4.69) is 4.74 Å². The average molecular weight is 322 g/mol. The Labute approximate surface area is 128 Å². The van der Waals surface area contributed by atoms with Crippen molar-refractivity contribution in [2.45, 2.75) is 0 Å². The van der Waals surface area contributed by atoms with Gasteiger partial charge in [-0.05, 0) is 23.4 Å². The summed E-state index contributed by atoms with van der Waals surface area (Å²) in [6, 6.07) is 5.65. The molecule has 0 bridgehead atoms. The monoisotopic (exact) mass is 322 g/mol. The van der Waals surface area contributed by atoms with Crippen LogP contribution in [-0.2, 0) is 14.3 Å². The average Bonchev–Trinajstić information content (AvgIpc) is 2.75. The third-order valence-electron chi connectivity index (χ3n) is 2.77. The number of methoxy groups -OCH3 is 1. The molecule has 0 saturated carbocycles. The van der Waals surface area contributed by atoms with Crippen LogP contribution < -0.4 is 0 Å². The molecule has 0 aliphatic carbocycles. The summed E-state index contributed by atoms with van der Waals surface area (Å²) in [4.78, 5) is 46.0. The quantitative estimate of drug-likeness (QED) is 0.360. The number of benzene rings is 1. The highest BCUT2D eigenvalue weighted by Crippen LogP contribution is 2.32. The molecule has 1 heterocycles. The lowest BCUT2D eigenvalue weighted by molar-refractivity contribution is -0.384. The molecule has 1 fully saturated rings. The van der Waals surface area contributed by atoms with Gasteiger partial charge in [-0.1, -0.05) is 12.1 Å². The van der Waals surface area contributed by atoms with E-state index in [-0.39, 0.29) is 10.6 Å². The maximum atomic E-state index is 12.1. The minimum atomic E-state index is -0.709. The van der Waals surface area contributed by atoms with Gasteiger partial charge in [0, 0.05) is 12.1 Å². The first kappa shape index (κ1) is 15.7. The molecule has 22 heavy (non-hydrogen) atoms. The van der Waals surface area contributed by atoms with E-state index in [1.807, 2.05) is 0 Å². The number of non-ortho nitro benzene ring substituents is 1. The maximum Gasteiger partial charge on any atom is 0.325 e. The van der Waals surface area contributed by atoms with Crippen LogP contribution in [0.1, 0.15) is 5.56 Å². The predicted octanol–water partition coefficient (Wildman–Crippen LogP) is 1.80. The standard InChI is InChI=1S/C13H10N2O6S/c1-21-11(16)7-14-12(17)10(22-13(14)18)6-8-3-2-4-9(5-8)15(19)20/h2-6H,7H2,1H3. The zero-order valence-corrected chi connectivity index (χ0v) is 12.2. The molecule has 0 radical (unpaired) electrons. The Morgan fingerprint density at radius 2 is 2.18 bits per heavy atom. The molecule has 0 N–H and O–H groups in total. The highest BCUT2D eigenvalue weighted by Gasteiger charge is 2.36. The molecule has 1 aliphatic heterocycles. The van der Waals surface area contributed by atoms with Gasteiger partial charge in [0.05, 0.1) is 16.9 Å². The number of ether oxygens (including phenoxy) is 1. The second-order valence-electron chi connectivity index (χ2n) is 4.20. The molecule has 1 aliphatic rings. The van der Waals surface area contributed by atoms with E-state index in [9.17, 15) is 24.5 Å². The van der Waals surface area contributed by atoms with E-state index in [0.29, 0.717) is 17.3 Å². The Morgan fingerprint density at radius 1 is 1.45 bits per heavy atom. The third-order valence-corrected chi connectivity index (χ3v) is 3.67. The summed E-state index contributed by atoms with van der Waals surface area (Å²) < 4.78 is 4.42. The first-order valence-electron chi connectivity index (χ1n) is 5.99. The van der Waals surface area contributed by atoms with Crippen molar-refractivity contribution in [1.29, 1.82) is 0 Å². The van der Waals surface area contributed by atoms with Gasteiger partial charge in [-0.15, -0.1) is 0 Å². The lowest BCUT2D eigenvalue weighted by Gasteiger charge is -2.09. The molecular weight excluding hydrogens is 312 g/mol. The lowest BCUT2D eigenvalue weighted by Crippen LogP contribution is -2.34. The summed E-state index contributed by atoms with van der Waals surface area (Å²) >= 11 is 0.664. The number of imide groups is 1.